The van der Waals surface area contributed by atoms with Crippen LogP contribution in [0.15, 0.2) is 0 Å². The average molecular weight is 212 g/mol. The van der Waals surface area contributed by atoms with Gasteiger partial charge in [0.05, 0.1) is 0 Å². The van der Waals surface area contributed by atoms with Gasteiger partial charge in [-0.05, 0) is 25.2 Å². The van der Waals surface area contributed by atoms with Crippen molar-refractivity contribution in [1.82, 2.24) is 5.32 Å². The van der Waals surface area contributed by atoms with Crippen molar-refractivity contribution in [3.8, 4) is 0 Å². The van der Waals surface area contributed by atoms with Gasteiger partial charge in [0.25, 0.3) is 0 Å². The van der Waals surface area contributed by atoms with E-state index in [1.165, 1.54) is 32.1 Å². The fraction of sp³-hybridized carbons (Fsp3) is 0.917. The molecule has 0 aromatic rings. The minimum absolute atomic E-state index is 0.168. The van der Waals surface area contributed by atoms with Gasteiger partial charge in [-0.2, -0.15) is 0 Å². The van der Waals surface area contributed by atoms with E-state index in [-0.39, 0.29) is 11.9 Å². The van der Waals surface area contributed by atoms with Crippen molar-refractivity contribution < 1.29 is 4.79 Å². The van der Waals surface area contributed by atoms with Gasteiger partial charge in [-0.1, -0.05) is 26.2 Å². The second-order valence-corrected chi connectivity index (χ2v) is 4.62. The molecule has 15 heavy (non-hydrogen) atoms. The number of hydrogen-bond acceptors (Lipinski definition) is 2. The summed E-state index contributed by atoms with van der Waals surface area (Å²) < 4.78 is 0. The van der Waals surface area contributed by atoms with Crippen molar-refractivity contribution >= 4 is 5.91 Å². The first-order valence-corrected chi connectivity index (χ1v) is 6.25. The summed E-state index contributed by atoms with van der Waals surface area (Å²) in [6.45, 7) is 2.60. The van der Waals surface area contributed by atoms with E-state index < -0.39 is 0 Å². The highest BCUT2D eigenvalue weighted by atomic mass is 16.1. The fourth-order valence-corrected chi connectivity index (χ4v) is 2.27. The monoisotopic (exact) mass is 212 g/mol. The van der Waals surface area contributed by atoms with Crippen LogP contribution in [0.2, 0.25) is 0 Å². The second kappa shape index (κ2) is 6.83. The van der Waals surface area contributed by atoms with Gasteiger partial charge in [-0.25, -0.2) is 0 Å². The highest BCUT2D eigenvalue weighted by molar-refractivity contribution is 5.76. The first-order chi connectivity index (χ1) is 7.26. The van der Waals surface area contributed by atoms with E-state index >= 15 is 0 Å². The number of nitrogens with one attached hydrogen (secondary N) is 1. The van der Waals surface area contributed by atoms with Crippen LogP contribution in [0.1, 0.15) is 51.9 Å². The third kappa shape index (κ3) is 4.65. The Morgan fingerprint density at radius 2 is 2.07 bits per heavy atom. The quantitative estimate of drug-likeness (QED) is 0.730. The highest BCUT2D eigenvalue weighted by Crippen LogP contribution is 2.26. The summed E-state index contributed by atoms with van der Waals surface area (Å²) in [6, 6.07) is 0.168. The lowest BCUT2D eigenvalue weighted by atomic mass is 9.87. The Balaban J connectivity index is 2.21. The Morgan fingerprint density at radius 1 is 1.40 bits per heavy atom. The zero-order chi connectivity index (χ0) is 11.1. The van der Waals surface area contributed by atoms with Gasteiger partial charge in [0, 0.05) is 19.0 Å². The fourth-order valence-electron chi connectivity index (χ4n) is 2.27. The normalized spacial score (nSPS) is 19.9. The van der Waals surface area contributed by atoms with E-state index in [1.54, 1.807) is 0 Å². The van der Waals surface area contributed by atoms with Crippen LogP contribution in [0.25, 0.3) is 0 Å². The molecule has 0 saturated heterocycles. The van der Waals surface area contributed by atoms with Gasteiger partial charge in [-0.15, -0.1) is 0 Å². The molecule has 1 aliphatic carbocycles. The summed E-state index contributed by atoms with van der Waals surface area (Å²) in [5.41, 5.74) is 5.55. The first kappa shape index (κ1) is 12.5. The third-order valence-electron chi connectivity index (χ3n) is 3.34. The summed E-state index contributed by atoms with van der Waals surface area (Å²) in [5, 5.41) is 3.00. The second-order valence-electron chi connectivity index (χ2n) is 4.62. The minimum atomic E-state index is 0.168. The maximum absolute atomic E-state index is 11.7. The Bertz CT molecular complexity index is 184. The van der Waals surface area contributed by atoms with E-state index in [4.69, 9.17) is 5.73 Å². The van der Waals surface area contributed by atoms with Crippen LogP contribution in [0.5, 0.6) is 0 Å². The maximum atomic E-state index is 11.7. The van der Waals surface area contributed by atoms with Gasteiger partial charge in [0.1, 0.15) is 0 Å². The van der Waals surface area contributed by atoms with Crippen LogP contribution < -0.4 is 11.1 Å². The molecule has 3 heteroatoms. The average Bonchev–Trinajstić information content (AvgIpc) is 2.27. The lowest BCUT2D eigenvalue weighted by Gasteiger charge is -2.22. The van der Waals surface area contributed by atoms with Gasteiger partial charge in [-0.3, -0.25) is 4.79 Å². The zero-order valence-corrected chi connectivity index (χ0v) is 9.80. The summed E-state index contributed by atoms with van der Waals surface area (Å²) in [4.78, 5) is 11.7. The Hall–Kier alpha value is -0.570. The van der Waals surface area contributed by atoms with Crippen LogP contribution in [0.4, 0.5) is 0 Å². The SMILES string of the molecule is CCC(CN)NC(=O)CC1CCCCC1. The number of carbonyl (C=O) groups is 1. The molecule has 1 unspecified atom stereocenters. The van der Waals surface area contributed by atoms with Crippen molar-refractivity contribution in [2.24, 2.45) is 11.7 Å². The first-order valence-electron chi connectivity index (χ1n) is 6.25. The molecule has 0 spiro atoms. The van der Waals surface area contributed by atoms with E-state index in [0.29, 0.717) is 18.9 Å². The molecule has 0 heterocycles. The van der Waals surface area contributed by atoms with Gasteiger partial charge < -0.3 is 11.1 Å². The number of nitrogens with two attached hydrogens (primary N) is 1. The lowest BCUT2D eigenvalue weighted by molar-refractivity contribution is -0.122. The molecule has 3 N–H and O–H groups in total. The van der Waals surface area contributed by atoms with Crippen LogP contribution in [0, 0.1) is 5.92 Å². The number of rotatable bonds is 5. The zero-order valence-electron chi connectivity index (χ0n) is 9.80. The van der Waals surface area contributed by atoms with Gasteiger partial charge in [0.15, 0.2) is 0 Å². The maximum Gasteiger partial charge on any atom is 0.220 e. The van der Waals surface area contributed by atoms with E-state index in [2.05, 4.69) is 12.2 Å². The number of hydrogen-bond donors (Lipinski definition) is 2. The smallest absolute Gasteiger partial charge is 0.220 e. The largest absolute Gasteiger partial charge is 0.352 e. The van der Waals surface area contributed by atoms with E-state index in [9.17, 15) is 4.79 Å². The molecule has 1 rings (SSSR count). The molecule has 1 amide bonds. The van der Waals surface area contributed by atoms with Crippen LogP contribution >= 0.6 is 0 Å². The molecule has 0 bridgehead atoms. The van der Waals surface area contributed by atoms with Crippen molar-refractivity contribution in [3.63, 3.8) is 0 Å². The molecule has 1 atom stereocenters. The van der Waals surface area contributed by atoms with Crippen LogP contribution in [-0.4, -0.2) is 18.5 Å². The number of amides is 1. The molecule has 0 aliphatic heterocycles. The Morgan fingerprint density at radius 3 is 2.60 bits per heavy atom. The van der Waals surface area contributed by atoms with Crippen LogP contribution in [0.3, 0.4) is 0 Å². The Labute approximate surface area is 92.8 Å². The molecule has 1 aliphatic rings. The van der Waals surface area contributed by atoms with E-state index in [0.717, 1.165) is 6.42 Å². The predicted molar refractivity (Wildman–Crippen MR) is 62.5 cm³/mol. The molecular weight excluding hydrogens is 188 g/mol. The van der Waals surface area contributed by atoms with Gasteiger partial charge >= 0.3 is 0 Å². The van der Waals surface area contributed by atoms with Crippen molar-refractivity contribution in [1.29, 1.82) is 0 Å². The topological polar surface area (TPSA) is 55.1 Å². The molecule has 0 aromatic carbocycles. The molecule has 88 valence electrons. The molecule has 1 saturated carbocycles. The van der Waals surface area contributed by atoms with Gasteiger partial charge in [0.2, 0.25) is 5.91 Å². The molecular formula is C12H24N2O. The standard InChI is InChI=1S/C12H24N2O/c1-2-11(9-13)14-12(15)8-10-6-4-3-5-7-10/h10-11H,2-9,13H2,1H3,(H,14,15). The molecule has 1 fully saturated rings. The lowest BCUT2D eigenvalue weighted by Crippen LogP contribution is -2.40. The highest BCUT2D eigenvalue weighted by Gasteiger charge is 2.18. The summed E-state index contributed by atoms with van der Waals surface area (Å²) >= 11 is 0. The molecule has 0 radical (unpaired) electrons. The Kier molecular flexibility index (Phi) is 5.69. The molecule has 0 aromatic heterocycles. The van der Waals surface area contributed by atoms with Crippen molar-refractivity contribution in [2.75, 3.05) is 6.54 Å². The summed E-state index contributed by atoms with van der Waals surface area (Å²) in [5.74, 6) is 0.813. The summed E-state index contributed by atoms with van der Waals surface area (Å²) in [6.07, 6.45) is 8.03. The minimum Gasteiger partial charge on any atom is -0.352 e. The number of carbonyl (C=O) groups excluding carboxylic acids is 1. The molecule has 3 nitrogen and oxygen atoms in total. The van der Waals surface area contributed by atoms with Crippen LogP contribution in [-0.2, 0) is 4.79 Å². The van der Waals surface area contributed by atoms with E-state index in [1.807, 2.05) is 0 Å². The summed E-state index contributed by atoms with van der Waals surface area (Å²) in [7, 11) is 0. The predicted octanol–water partition coefficient (Wildman–Crippen LogP) is 1.81. The van der Waals surface area contributed by atoms with Crippen molar-refractivity contribution in [2.45, 2.75) is 57.9 Å². The van der Waals surface area contributed by atoms with Crippen molar-refractivity contribution in [3.05, 3.63) is 0 Å². The third-order valence-corrected chi connectivity index (χ3v) is 3.34.